The van der Waals surface area contributed by atoms with Crippen LogP contribution in [0, 0.1) is 5.82 Å². The topological polar surface area (TPSA) is 116 Å². The highest BCUT2D eigenvalue weighted by atomic mass is 32.2. The minimum Gasteiger partial charge on any atom is -0.497 e. The Labute approximate surface area is 177 Å². The lowest BCUT2D eigenvalue weighted by molar-refractivity contribution is 0.183. The molecule has 30 heavy (non-hydrogen) atoms. The molecule has 0 unspecified atom stereocenters. The van der Waals surface area contributed by atoms with E-state index in [-0.39, 0.29) is 35.3 Å². The van der Waals surface area contributed by atoms with Crippen LogP contribution in [0.1, 0.15) is 5.56 Å². The van der Waals surface area contributed by atoms with Gasteiger partial charge < -0.3 is 25.1 Å². The molecule has 0 bridgehead atoms. The molecule has 0 saturated heterocycles. The average Bonchev–Trinajstić information content (AvgIpc) is 2.76. The minimum absolute atomic E-state index is 0.00359. The van der Waals surface area contributed by atoms with Crippen LogP contribution in [0.15, 0.2) is 46.4 Å². The number of hydrogen-bond acceptors (Lipinski definition) is 8. The van der Waals surface area contributed by atoms with Gasteiger partial charge in [0, 0.05) is 17.3 Å². The number of aliphatic hydroxyl groups excluding tert-OH is 1. The smallest absolute Gasteiger partial charge is 0.434 e. The fourth-order valence-electron chi connectivity index (χ4n) is 2.35. The number of nitrogen functional groups attached to an aromatic ring is 1. The van der Waals surface area contributed by atoms with Crippen molar-refractivity contribution in [1.82, 2.24) is 0 Å². The summed E-state index contributed by atoms with van der Waals surface area (Å²) < 4.78 is 30.4. The zero-order valence-electron chi connectivity index (χ0n) is 16.7. The first-order valence-corrected chi connectivity index (χ1v) is 9.92. The summed E-state index contributed by atoms with van der Waals surface area (Å²) >= 11 is 1.09. The first kappa shape index (κ1) is 23.2. The van der Waals surface area contributed by atoms with Gasteiger partial charge in [0.15, 0.2) is 11.6 Å². The van der Waals surface area contributed by atoms with Crippen molar-refractivity contribution in [2.75, 3.05) is 39.4 Å². The Bertz CT molecular complexity index is 948. The van der Waals surface area contributed by atoms with Crippen LogP contribution < -0.4 is 15.2 Å². The molecule has 0 aromatic heterocycles. The van der Waals surface area contributed by atoms with Gasteiger partial charge in [-0.15, -0.1) is 11.8 Å². The van der Waals surface area contributed by atoms with Crippen molar-refractivity contribution >= 4 is 40.0 Å². The van der Waals surface area contributed by atoms with E-state index < -0.39 is 11.9 Å². The number of aliphatic hydroxyl groups is 1. The molecule has 0 atom stereocenters. The summed E-state index contributed by atoms with van der Waals surface area (Å²) in [7, 11) is 2.61. The number of methoxy groups -OCH3 is 2. The molecular formula is C20H22FN3O5S. The van der Waals surface area contributed by atoms with E-state index in [2.05, 4.69) is 14.7 Å². The molecular weight excluding hydrogens is 413 g/mol. The summed E-state index contributed by atoms with van der Waals surface area (Å²) in [5.41, 5.74) is 6.79. The molecule has 0 saturated carbocycles. The van der Waals surface area contributed by atoms with Crippen molar-refractivity contribution in [3.8, 4) is 11.5 Å². The number of nitrogens with zero attached hydrogens (tertiary/aromatic N) is 2. The lowest BCUT2D eigenvalue weighted by Gasteiger charge is -2.14. The predicted octanol–water partition coefficient (Wildman–Crippen LogP) is 3.44. The molecule has 8 nitrogen and oxygen atoms in total. The van der Waals surface area contributed by atoms with Gasteiger partial charge in [0.2, 0.25) is 0 Å². The number of halogens is 1. The first-order chi connectivity index (χ1) is 14.4. The number of carbonyl (C=O) groups excluding carboxylic acids is 1. The number of amides is 1. The first-order valence-electron chi connectivity index (χ1n) is 8.70. The lowest BCUT2D eigenvalue weighted by Crippen LogP contribution is -2.17. The molecule has 160 valence electrons. The third-order valence-electron chi connectivity index (χ3n) is 3.75. The summed E-state index contributed by atoms with van der Waals surface area (Å²) in [6.07, 6.45) is 0.811. The minimum atomic E-state index is -0.857. The molecule has 0 aliphatic carbocycles. The van der Waals surface area contributed by atoms with Crippen molar-refractivity contribution in [3.63, 3.8) is 0 Å². The number of ether oxygens (including phenoxy) is 3. The summed E-state index contributed by atoms with van der Waals surface area (Å²) in [5, 5.41) is 9.13. The maximum Gasteiger partial charge on any atom is 0.434 e. The molecule has 0 fully saturated rings. The van der Waals surface area contributed by atoms with Crippen molar-refractivity contribution in [2.45, 2.75) is 0 Å². The van der Waals surface area contributed by atoms with Crippen molar-refractivity contribution < 1.29 is 28.5 Å². The van der Waals surface area contributed by atoms with E-state index in [1.54, 1.807) is 30.5 Å². The zero-order valence-corrected chi connectivity index (χ0v) is 17.5. The molecule has 2 rings (SSSR count). The molecule has 1 amide bonds. The second-order valence-corrected chi connectivity index (χ2v) is 6.50. The lowest BCUT2D eigenvalue weighted by atomic mass is 10.1. The standard InChI is InChI=1S/C20H22FN3O5S/c1-27-14-10-15(17(21)16(11-14)29-9-8-25)18(19(30-3)24-20(26)28-2)23-13-6-4-12(22)5-7-13/h4-7,10-11,25H,8-9,22H2,1-3H3. The van der Waals surface area contributed by atoms with E-state index in [9.17, 15) is 4.79 Å². The quantitative estimate of drug-likeness (QED) is 0.389. The van der Waals surface area contributed by atoms with Crippen LogP contribution in [0.3, 0.4) is 0 Å². The van der Waals surface area contributed by atoms with E-state index in [0.717, 1.165) is 11.8 Å². The van der Waals surface area contributed by atoms with Crippen molar-refractivity contribution in [2.24, 2.45) is 9.98 Å². The Morgan fingerprint density at radius 2 is 1.93 bits per heavy atom. The molecule has 2 aromatic rings. The van der Waals surface area contributed by atoms with Crippen molar-refractivity contribution in [1.29, 1.82) is 0 Å². The van der Waals surface area contributed by atoms with E-state index in [1.807, 2.05) is 0 Å². The number of aliphatic imine (C=N–C) groups is 2. The number of carbonyl (C=O) groups is 1. The van der Waals surface area contributed by atoms with Gasteiger partial charge in [-0.25, -0.2) is 14.2 Å². The largest absolute Gasteiger partial charge is 0.497 e. The van der Waals surface area contributed by atoms with Gasteiger partial charge >= 0.3 is 6.09 Å². The summed E-state index contributed by atoms with van der Waals surface area (Å²) in [4.78, 5) is 20.1. The SMILES string of the molecule is COC(=O)N=C(SC)C(=Nc1ccc(N)cc1)c1cc(OC)cc(OCCO)c1F. The third-order valence-corrected chi connectivity index (χ3v) is 4.42. The second kappa shape index (κ2) is 11.2. The average molecular weight is 435 g/mol. The fraction of sp³-hybridized carbons (Fsp3) is 0.250. The van der Waals surface area contributed by atoms with Gasteiger partial charge in [-0.3, -0.25) is 0 Å². The predicted molar refractivity (Wildman–Crippen MR) is 116 cm³/mol. The van der Waals surface area contributed by atoms with Crippen molar-refractivity contribution in [3.05, 3.63) is 47.8 Å². The molecule has 0 aliphatic heterocycles. The molecule has 0 spiro atoms. The maximum atomic E-state index is 15.3. The molecule has 2 aromatic carbocycles. The van der Waals surface area contributed by atoms with E-state index in [4.69, 9.17) is 20.3 Å². The van der Waals surface area contributed by atoms with Gasteiger partial charge in [-0.1, -0.05) is 0 Å². The number of anilines is 1. The number of hydrogen-bond donors (Lipinski definition) is 2. The van der Waals surface area contributed by atoms with Crippen LogP contribution >= 0.6 is 11.8 Å². The third kappa shape index (κ3) is 5.94. The highest BCUT2D eigenvalue weighted by Gasteiger charge is 2.22. The Hall–Kier alpha value is -3.11. The summed E-state index contributed by atoms with van der Waals surface area (Å²) in [5.74, 6) is -0.588. The monoisotopic (exact) mass is 435 g/mol. The van der Waals surface area contributed by atoms with Crippen LogP contribution in [0.2, 0.25) is 0 Å². The fourth-order valence-corrected chi connectivity index (χ4v) is 2.86. The van der Waals surface area contributed by atoms with Crippen LogP contribution in [-0.2, 0) is 4.74 Å². The van der Waals surface area contributed by atoms with Gasteiger partial charge in [0.1, 0.15) is 23.1 Å². The van der Waals surface area contributed by atoms with Gasteiger partial charge in [0.25, 0.3) is 0 Å². The highest BCUT2D eigenvalue weighted by molar-refractivity contribution is 8.15. The maximum absolute atomic E-state index is 15.3. The van der Waals surface area contributed by atoms with Gasteiger partial charge in [-0.05, 0) is 36.6 Å². The van der Waals surface area contributed by atoms with Gasteiger partial charge in [0.05, 0.1) is 26.5 Å². The molecule has 3 N–H and O–H groups in total. The van der Waals surface area contributed by atoms with E-state index >= 15 is 4.39 Å². The number of nitrogens with two attached hydrogens (primary N) is 1. The molecule has 0 aliphatic rings. The summed E-state index contributed by atoms with van der Waals surface area (Å²) in [6, 6.07) is 9.35. The number of benzene rings is 2. The van der Waals surface area contributed by atoms with E-state index in [1.165, 1.54) is 26.4 Å². The van der Waals surface area contributed by atoms with Gasteiger partial charge in [-0.2, -0.15) is 4.99 Å². The van der Waals surface area contributed by atoms with Crippen LogP contribution in [0.5, 0.6) is 11.5 Å². The van der Waals surface area contributed by atoms with E-state index in [0.29, 0.717) is 17.1 Å². The number of rotatable bonds is 7. The van der Waals surface area contributed by atoms with Crippen LogP contribution in [0.4, 0.5) is 20.6 Å². The Morgan fingerprint density at radius 1 is 1.23 bits per heavy atom. The Balaban J connectivity index is 2.74. The van der Waals surface area contributed by atoms with Crippen LogP contribution in [-0.4, -0.2) is 55.6 Å². The number of thioether (sulfide) groups is 1. The second-order valence-electron chi connectivity index (χ2n) is 5.70. The molecule has 10 heteroatoms. The summed E-state index contributed by atoms with van der Waals surface area (Å²) in [6.45, 7) is -0.405. The Kier molecular flexibility index (Phi) is 8.63. The highest BCUT2D eigenvalue weighted by Crippen LogP contribution is 2.30. The Morgan fingerprint density at radius 3 is 2.50 bits per heavy atom. The van der Waals surface area contributed by atoms with Crippen LogP contribution in [0.25, 0.3) is 0 Å². The molecule has 0 heterocycles. The normalized spacial score (nSPS) is 11.9. The molecule has 0 radical (unpaired) electrons. The zero-order chi connectivity index (χ0) is 22.1.